The highest BCUT2D eigenvalue weighted by Crippen LogP contribution is 2.50. The molecule has 0 spiro atoms. The van der Waals surface area contributed by atoms with Crippen LogP contribution in [0.15, 0.2) is 29.1 Å². The molecule has 1 aromatic heterocycles. The van der Waals surface area contributed by atoms with Gasteiger partial charge in [0.15, 0.2) is 15.7 Å². The van der Waals surface area contributed by atoms with Crippen molar-refractivity contribution in [3.63, 3.8) is 0 Å². The number of hydrogen-bond acceptors (Lipinski definition) is 5. The Labute approximate surface area is 200 Å². The third kappa shape index (κ3) is 4.05. The molecule has 2 heterocycles. The molecule has 1 N–H and O–H groups in total. The number of benzene rings is 1. The number of carbonyl (C=O) groups is 2. The summed E-state index contributed by atoms with van der Waals surface area (Å²) in [6, 6.07) is 5.18. The molecular formula is C24H25F2N3O5S. The van der Waals surface area contributed by atoms with Crippen molar-refractivity contribution in [2.75, 3.05) is 13.1 Å². The van der Waals surface area contributed by atoms with Crippen LogP contribution in [0.3, 0.4) is 0 Å². The molecule has 0 radical (unpaired) electrons. The van der Waals surface area contributed by atoms with E-state index in [1.807, 2.05) is 0 Å². The van der Waals surface area contributed by atoms with Gasteiger partial charge < -0.3 is 10.2 Å². The Morgan fingerprint density at radius 2 is 1.83 bits per heavy atom. The van der Waals surface area contributed by atoms with Gasteiger partial charge in [-0.3, -0.25) is 19.0 Å². The second-order valence-corrected chi connectivity index (χ2v) is 12.3. The number of nitrogens with one attached hydrogen (secondary N) is 1. The van der Waals surface area contributed by atoms with E-state index in [1.165, 1.54) is 11.0 Å². The molecule has 3 aliphatic rings. The van der Waals surface area contributed by atoms with Crippen LogP contribution in [0.25, 0.3) is 0 Å². The van der Waals surface area contributed by atoms with Crippen molar-refractivity contribution in [3.05, 3.63) is 68.6 Å². The smallest absolute Gasteiger partial charge is 0.273 e. The molecule has 0 unspecified atom stereocenters. The third-order valence-corrected chi connectivity index (χ3v) is 10.2. The predicted octanol–water partition coefficient (Wildman–Crippen LogP) is 1.93. The van der Waals surface area contributed by atoms with Crippen LogP contribution in [-0.4, -0.2) is 52.8 Å². The molecule has 2 saturated carbocycles. The standard InChI is InChI=1S/C24H25F2N3O5S/c1-14-2-3-15(10-18(14)25)12-27-21(30)17-11-19(26)20-23(32)28(8-9-29(20)22(17)31)13-24(6-7-24)35(33,34)16-4-5-16/h2-3,10-11,16H,4-9,12-13H2,1H3,(H,27,30). The lowest BCUT2D eigenvalue weighted by molar-refractivity contribution is 0.0686. The number of fused-ring (bicyclic) bond motifs is 1. The highest BCUT2D eigenvalue weighted by atomic mass is 32.2. The largest absolute Gasteiger partial charge is 0.348 e. The van der Waals surface area contributed by atoms with E-state index >= 15 is 4.39 Å². The average Bonchev–Trinajstić information content (AvgIpc) is 3.72. The van der Waals surface area contributed by atoms with E-state index in [2.05, 4.69) is 5.32 Å². The minimum absolute atomic E-state index is 0.0202. The summed E-state index contributed by atoms with van der Waals surface area (Å²) in [5, 5.41) is 2.13. The Hall–Kier alpha value is -3.08. The number of rotatable bonds is 7. The van der Waals surface area contributed by atoms with Gasteiger partial charge in [-0.05, 0) is 55.9 Å². The Bertz CT molecular complexity index is 1410. The lowest BCUT2D eigenvalue weighted by Crippen LogP contribution is -2.51. The van der Waals surface area contributed by atoms with Crippen LogP contribution in [-0.2, 0) is 22.9 Å². The molecule has 2 amide bonds. The fourth-order valence-corrected chi connectivity index (χ4v) is 7.10. The quantitative estimate of drug-likeness (QED) is 0.619. The zero-order chi connectivity index (χ0) is 25.1. The van der Waals surface area contributed by atoms with E-state index in [9.17, 15) is 27.2 Å². The zero-order valence-electron chi connectivity index (χ0n) is 19.1. The van der Waals surface area contributed by atoms with Crippen molar-refractivity contribution in [2.24, 2.45) is 0 Å². The number of nitrogens with zero attached hydrogens (tertiary/aromatic N) is 2. The summed E-state index contributed by atoms with van der Waals surface area (Å²) in [7, 11) is -3.36. The van der Waals surface area contributed by atoms with Gasteiger partial charge in [0.05, 0.1) is 10.00 Å². The van der Waals surface area contributed by atoms with Gasteiger partial charge in [-0.15, -0.1) is 0 Å². The van der Waals surface area contributed by atoms with Gasteiger partial charge in [0.1, 0.15) is 17.1 Å². The highest BCUT2D eigenvalue weighted by Gasteiger charge is 2.60. The maximum atomic E-state index is 15.0. The molecule has 11 heteroatoms. The Morgan fingerprint density at radius 1 is 1.11 bits per heavy atom. The first-order valence-electron chi connectivity index (χ1n) is 11.5. The number of amides is 2. The van der Waals surface area contributed by atoms with E-state index in [0.717, 1.165) is 10.6 Å². The first kappa shape index (κ1) is 23.7. The predicted molar refractivity (Wildman–Crippen MR) is 123 cm³/mol. The molecule has 186 valence electrons. The maximum absolute atomic E-state index is 15.0. The van der Waals surface area contributed by atoms with Gasteiger partial charge in [-0.2, -0.15) is 0 Å². The fraction of sp³-hybridized carbons (Fsp3) is 0.458. The average molecular weight is 506 g/mol. The van der Waals surface area contributed by atoms with Crippen LogP contribution in [0.2, 0.25) is 0 Å². The normalized spacial score (nSPS) is 18.8. The number of carbonyl (C=O) groups excluding carboxylic acids is 2. The van der Waals surface area contributed by atoms with Gasteiger partial charge >= 0.3 is 0 Å². The summed E-state index contributed by atoms with van der Waals surface area (Å²) in [5.41, 5.74) is -0.825. The van der Waals surface area contributed by atoms with Crippen molar-refractivity contribution in [2.45, 2.75) is 55.7 Å². The van der Waals surface area contributed by atoms with Crippen molar-refractivity contribution < 1.29 is 26.8 Å². The SMILES string of the molecule is Cc1ccc(CNC(=O)c2cc(F)c3n(c2=O)CCN(CC2(S(=O)(=O)C4CC4)CC2)C3=O)cc1F. The molecular weight excluding hydrogens is 480 g/mol. The summed E-state index contributed by atoms with van der Waals surface area (Å²) >= 11 is 0. The van der Waals surface area contributed by atoms with Gasteiger partial charge in [0.2, 0.25) is 0 Å². The van der Waals surface area contributed by atoms with E-state index < -0.39 is 54.8 Å². The van der Waals surface area contributed by atoms with E-state index in [1.54, 1.807) is 19.1 Å². The van der Waals surface area contributed by atoms with Gasteiger partial charge in [0, 0.05) is 26.2 Å². The zero-order valence-corrected chi connectivity index (χ0v) is 20.0. The number of pyridine rings is 1. The Balaban J connectivity index is 1.35. The second-order valence-electron chi connectivity index (χ2n) is 9.63. The number of sulfone groups is 1. The van der Waals surface area contributed by atoms with E-state index in [4.69, 9.17) is 0 Å². The third-order valence-electron chi connectivity index (χ3n) is 7.11. The van der Waals surface area contributed by atoms with Gasteiger partial charge in [-0.1, -0.05) is 12.1 Å². The van der Waals surface area contributed by atoms with E-state index in [-0.39, 0.29) is 31.4 Å². The molecule has 0 saturated heterocycles. The molecule has 2 aromatic rings. The van der Waals surface area contributed by atoms with Crippen molar-refractivity contribution >= 4 is 21.7 Å². The van der Waals surface area contributed by atoms with Gasteiger partial charge in [-0.25, -0.2) is 17.2 Å². The molecule has 0 bridgehead atoms. The summed E-state index contributed by atoms with van der Waals surface area (Å²) < 4.78 is 54.3. The molecule has 8 nitrogen and oxygen atoms in total. The number of hydrogen-bond donors (Lipinski definition) is 1. The molecule has 5 rings (SSSR count). The summed E-state index contributed by atoms with van der Waals surface area (Å²) in [4.78, 5) is 39.9. The molecule has 1 aromatic carbocycles. The Kier molecular flexibility index (Phi) is 5.58. The maximum Gasteiger partial charge on any atom is 0.273 e. The highest BCUT2D eigenvalue weighted by molar-refractivity contribution is 7.94. The van der Waals surface area contributed by atoms with Crippen molar-refractivity contribution in [3.8, 4) is 0 Å². The molecule has 2 fully saturated rings. The van der Waals surface area contributed by atoms with Crippen molar-refractivity contribution in [1.29, 1.82) is 0 Å². The first-order valence-corrected chi connectivity index (χ1v) is 13.1. The van der Waals surface area contributed by atoms with E-state index in [0.29, 0.717) is 36.8 Å². The second kappa shape index (κ2) is 8.25. The van der Waals surface area contributed by atoms with Crippen LogP contribution in [0.1, 0.15) is 57.7 Å². The summed E-state index contributed by atoms with van der Waals surface area (Å²) in [6.07, 6.45) is 2.20. The van der Waals surface area contributed by atoms with Crippen LogP contribution in [0.4, 0.5) is 8.78 Å². The van der Waals surface area contributed by atoms with Crippen LogP contribution >= 0.6 is 0 Å². The minimum Gasteiger partial charge on any atom is -0.348 e. The first-order chi connectivity index (χ1) is 16.5. The molecule has 0 atom stereocenters. The summed E-state index contributed by atoms with van der Waals surface area (Å²) in [5.74, 6) is -3.06. The fourth-order valence-electron chi connectivity index (χ4n) is 4.62. The van der Waals surface area contributed by atoms with Crippen LogP contribution in [0.5, 0.6) is 0 Å². The topological polar surface area (TPSA) is 106 Å². The van der Waals surface area contributed by atoms with Crippen molar-refractivity contribution in [1.82, 2.24) is 14.8 Å². The minimum atomic E-state index is -3.36. The summed E-state index contributed by atoms with van der Waals surface area (Å²) in [6.45, 7) is 1.51. The lowest BCUT2D eigenvalue weighted by Gasteiger charge is -2.32. The lowest BCUT2D eigenvalue weighted by atomic mass is 10.1. The van der Waals surface area contributed by atoms with Crippen LogP contribution in [0, 0.1) is 18.6 Å². The number of halogens is 2. The molecule has 35 heavy (non-hydrogen) atoms. The molecule has 1 aliphatic heterocycles. The van der Waals surface area contributed by atoms with Gasteiger partial charge in [0.25, 0.3) is 17.4 Å². The number of aromatic nitrogens is 1. The number of aryl methyl sites for hydroxylation is 1. The monoisotopic (exact) mass is 505 g/mol. The van der Waals surface area contributed by atoms with Crippen LogP contribution < -0.4 is 10.9 Å². The molecule has 2 aliphatic carbocycles. The Morgan fingerprint density at radius 3 is 2.46 bits per heavy atom.